The van der Waals surface area contributed by atoms with E-state index < -0.39 is 12.2 Å². The molecular weight excluding hydrogens is 436 g/mol. The molecule has 0 heterocycles. The van der Waals surface area contributed by atoms with Gasteiger partial charge in [0.2, 0.25) is 0 Å². The zero-order valence-electron chi connectivity index (χ0n) is 19.0. The minimum Gasteiger partial charge on any atom is -0.491 e. The first-order valence-corrected chi connectivity index (χ1v) is 10.8. The van der Waals surface area contributed by atoms with Crippen molar-refractivity contribution in [1.29, 1.82) is 0 Å². The van der Waals surface area contributed by atoms with Gasteiger partial charge in [0.15, 0.2) is 0 Å². The molecule has 4 N–H and O–H groups in total. The Balaban J connectivity index is 1.59. The standard InChI is InChI=1S/C26H28N2O6/c1-17(29)15-33-23-10-6-21(7-11-23)27-25(31)19-4-3-5-20(14-19)26(32)28-22-8-12-24(13-9-22)34-16-18(2)30/h3-14,17-18,29-30H,15-16H2,1-2H3,(H,27,31)(H,28,32). The van der Waals surface area contributed by atoms with Gasteiger partial charge < -0.3 is 30.3 Å². The Hall–Kier alpha value is -3.88. The Bertz CT molecular complexity index is 1010. The number of aliphatic hydroxyl groups is 2. The van der Waals surface area contributed by atoms with Crippen molar-refractivity contribution in [3.63, 3.8) is 0 Å². The highest BCUT2D eigenvalue weighted by atomic mass is 16.5. The van der Waals surface area contributed by atoms with E-state index in [2.05, 4.69) is 10.6 Å². The normalized spacial score (nSPS) is 12.4. The van der Waals surface area contributed by atoms with Crippen LogP contribution in [0.3, 0.4) is 0 Å². The summed E-state index contributed by atoms with van der Waals surface area (Å²) in [5.74, 6) is 0.457. The molecular formula is C26H28N2O6. The number of hydrogen-bond acceptors (Lipinski definition) is 6. The summed E-state index contributed by atoms with van der Waals surface area (Å²) in [5, 5.41) is 24.1. The summed E-state index contributed by atoms with van der Waals surface area (Å²) in [4.78, 5) is 25.3. The molecule has 178 valence electrons. The summed E-state index contributed by atoms with van der Waals surface area (Å²) < 4.78 is 10.8. The molecule has 0 aromatic heterocycles. The molecule has 0 aliphatic carbocycles. The molecule has 0 aliphatic heterocycles. The predicted octanol–water partition coefficient (Wildman–Crippen LogP) is 3.71. The first-order chi connectivity index (χ1) is 16.3. The smallest absolute Gasteiger partial charge is 0.255 e. The van der Waals surface area contributed by atoms with E-state index in [1.807, 2.05) is 0 Å². The Morgan fingerprint density at radius 2 is 1.09 bits per heavy atom. The summed E-state index contributed by atoms with van der Waals surface area (Å²) >= 11 is 0. The molecule has 0 bridgehead atoms. The van der Waals surface area contributed by atoms with Crippen LogP contribution in [-0.2, 0) is 0 Å². The molecule has 34 heavy (non-hydrogen) atoms. The zero-order chi connectivity index (χ0) is 24.5. The van der Waals surface area contributed by atoms with Gasteiger partial charge in [-0.15, -0.1) is 0 Å². The molecule has 0 aliphatic rings. The van der Waals surface area contributed by atoms with Gasteiger partial charge in [-0.05, 0) is 80.6 Å². The Labute approximate surface area is 198 Å². The molecule has 8 nitrogen and oxygen atoms in total. The van der Waals surface area contributed by atoms with Crippen molar-refractivity contribution in [2.24, 2.45) is 0 Å². The van der Waals surface area contributed by atoms with Crippen LogP contribution in [0.2, 0.25) is 0 Å². The Morgan fingerprint density at radius 3 is 1.44 bits per heavy atom. The molecule has 3 aromatic carbocycles. The van der Waals surface area contributed by atoms with Crippen LogP contribution in [0, 0.1) is 0 Å². The number of hydrogen-bond donors (Lipinski definition) is 4. The van der Waals surface area contributed by atoms with Crippen LogP contribution in [-0.4, -0.2) is 47.4 Å². The van der Waals surface area contributed by atoms with Crippen molar-refractivity contribution < 1.29 is 29.3 Å². The molecule has 0 saturated carbocycles. The summed E-state index contributed by atoms with van der Waals surface area (Å²) in [7, 11) is 0. The summed E-state index contributed by atoms with van der Waals surface area (Å²) in [6, 6.07) is 20.0. The number of anilines is 2. The first kappa shape index (κ1) is 24.8. The second-order valence-electron chi connectivity index (χ2n) is 7.86. The topological polar surface area (TPSA) is 117 Å². The molecule has 0 fully saturated rings. The Morgan fingerprint density at radius 1 is 0.706 bits per heavy atom. The zero-order valence-corrected chi connectivity index (χ0v) is 19.0. The van der Waals surface area contributed by atoms with E-state index in [0.29, 0.717) is 34.0 Å². The van der Waals surface area contributed by atoms with Crippen LogP contribution in [0.25, 0.3) is 0 Å². The fraction of sp³-hybridized carbons (Fsp3) is 0.231. The SMILES string of the molecule is CC(O)COc1ccc(NC(=O)c2cccc(C(=O)Nc3ccc(OCC(C)O)cc3)c2)cc1. The summed E-state index contributed by atoms with van der Waals surface area (Å²) in [6.07, 6.45) is -1.14. The van der Waals surface area contributed by atoms with Crippen LogP contribution in [0.15, 0.2) is 72.8 Å². The van der Waals surface area contributed by atoms with E-state index in [4.69, 9.17) is 9.47 Å². The molecule has 0 saturated heterocycles. The number of nitrogens with one attached hydrogen (secondary N) is 2. The lowest BCUT2D eigenvalue weighted by atomic mass is 10.1. The fourth-order valence-corrected chi connectivity index (χ4v) is 2.91. The lowest BCUT2D eigenvalue weighted by Crippen LogP contribution is -2.16. The van der Waals surface area contributed by atoms with Crippen LogP contribution < -0.4 is 20.1 Å². The van der Waals surface area contributed by atoms with Crippen molar-refractivity contribution in [2.45, 2.75) is 26.1 Å². The van der Waals surface area contributed by atoms with Crippen molar-refractivity contribution >= 4 is 23.2 Å². The quantitative estimate of drug-likeness (QED) is 0.363. The molecule has 3 rings (SSSR count). The number of ether oxygens (including phenoxy) is 2. The molecule has 0 spiro atoms. The average Bonchev–Trinajstić information content (AvgIpc) is 2.83. The largest absolute Gasteiger partial charge is 0.491 e. The van der Waals surface area contributed by atoms with E-state index in [0.717, 1.165) is 0 Å². The molecule has 2 unspecified atom stereocenters. The highest BCUT2D eigenvalue weighted by Gasteiger charge is 2.12. The van der Waals surface area contributed by atoms with E-state index in [1.165, 1.54) is 6.07 Å². The minimum absolute atomic E-state index is 0.182. The summed E-state index contributed by atoms with van der Waals surface area (Å²) in [5.41, 5.74) is 1.82. The van der Waals surface area contributed by atoms with Crippen LogP contribution in [0.5, 0.6) is 11.5 Å². The highest BCUT2D eigenvalue weighted by molar-refractivity contribution is 6.08. The number of aliphatic hydroxyl groups excluding tert-OH is 2. The second-order valence-corrected chi connectivity index (χ2v) is 7.86. The van der Waals surface area contributed by atoms with Gasteiger partial charge in [0.05, 0.1) is 12.2 Å². The van der Waals surface area contributed by atoms with Gasteiger partial charge in [-0.25, -0.2) is 0 Å². The predicted molar refractivity (Wildman–Crippen MR) is 130 cm³/mol. The molecule has 0 radical (unpaired) electrons. The third kappa shape index (κ3) is 7.61. The number of carbonyl (C=O) groups is 2. The van der Waals surface area contributed by atoms with E-state index in [1.54, 1.807) is 80.6 Å². The lowest BCUT2D eigenvalue weighted by molar-refractivity contribution is 0.102. The molecule has 2 amide bonds. The van der Waals surface area contributed by atoms with E-state index in [9.17, 15) is 19.8 Å². The van der Waals surface area contributed by atoms with Crippen molar-refractivity contribution in [1.82, 2.24) is 0 Å². The maximum Gasteiger partial charge on any atom is 0.255 e. The highest BCUT2D eigenvalue weighted by Crippen LogP contribution is 2.19. The second kappa shape index (κ2) is 11.8. The van der Waals surface area contributed by atoms with Crippen LogP contribution >= 0.6 is 0 Å². The molecule has 8 heteroatoms. The van der Waals surface area contributed by atoms with Gasteiger partial charge in [-0.1, -0.05) is 6.07 Å². The van der Waals surface area contributed by atoms with Gasteiger partial charge in [0.1, 0.15) is 24.7 Å². The van der Waals surface area contributed by atoms with Crippen molar-refractivity contribution in [3.8, 4) is 11.5 Å². The molecule has 3 aromatic rings. The first-order valence-electron chi connectivity index (χ1n) is 10.8. The number of carbonyl (C=O) groups excluding carboxylic acids is 2. The number of amides is 2. The molecule has 2 atom stereocenters. The van der Waals surface area contributed by atoms with Crippen molar-refractivity contribution in [3.05, 3.63) is 83.9 Å². The van der Waals surface area contributed by atoms with Crippen molar-refractivity contribution in [2.75, 3.05) is 23.8 Å². The maximum atomic E-state index is 12.7. The maximum absolute atomic E-state index is 12.7. The summed E-state index contributed by atoms with van der Waals surface area (Å²) in [6.45, 7) is 3.63. The van der Waals surface area contributed by atoms with Gasteiger partial charge in [-0.2, -0.15) is 0 Å². The van der Waals surface area contributed by atoms with Crippen LogP contribution in [0.4, 0.5) is 11.4 Å². The Kier molecular flexibility index (Phi) is 8.61. The van der Waals surface area contributed by atoms with Gasteiger partial charge in [0, 0.05) is 22.5 Å². The van der Waals surface area contributed by atoms with E-state index in [-0.39, 0.29) is 25.0 Å². The minimum atomic E-state index is -0.571. The van der Waals surface area contributed by atoms with Gasteiger partial charge in [-0.3, -0.25) is 9.59 Å². The fourth-order valence-electron chi connectivity index (χ4n) is 2.91. The average molecular weight is 465 g/mol. The third-order valence-corrected chi connectivity index (χ3v) is 4.59. The van der Waals surface area contributed by atoms with Gasteiger partial charge in [0.25, 0.3) is 11.8 Å². The number of benzene rings is 3. The monoisotopic (exact) mass is 464 g/mol. The van der Waals surface area contributed by atoms with E-state index >= 15 is 0 Å². The van der Waals surface area contributed by atoms with Gasteiger partial charge >= 0.3 is 0 Å². The third-order valence-electron chi connectivity index (χ3n) is 4.59. The number of rotatable bonds is 10. The van der Waals surface area contributed by atoms with Crippen LogP contribution in [0.1, 0.15) is 34.6 Å². The lowest BCUT2D eigenvalue weighted by Gasteiger charge is -2.11.